The molecule has 0 aromatic heterocycles. The third kappa shape index (κ3) is 2.22. The Morgan fingerprint density at radius 3 is 1.74 bits per heavy atom. The van der Waals surface area contributed by atoms with Gasteiger partial charge in [-0.05, 0) is 0 Å². The van der Waals surface area contributed by atoms with E-state index < -0.39 is 0 Å². The largest absolute Gasteiger partial charge is 0.449 e. The van der Waals surface area contributed by atoms with Gasteiger partial charge in [0.15, 0.2) is 23.0 Å². The minimum Gasteiger partial charge on any atom is -0.449 e. The maximum atomic E-state index is 6.07. The molecule has 0 N–H and O–H groups in total. The Morgan fingerprint density at radius 1 is 0.579 bits per heavy atom. The van der Waals surface area contributed by atoms with E-state index in [2.05, 4.69) is 0 Å². The molecule has 0 spiro atoms. The SMILES string of the molecule is Clc1cc2c(cc1Cl)Oc1c(cc(Cl)c(Cl)c1Cl)O2. The highest BCUT2D eigenvalue weighted by molar-refractivity contribution is 6.49. The van der Waals surface area contributed by atoms with Gasteiger partial charge in [0.1, 0.15) is 5.02 Å². The van der Waals surface area contributed by atoms with Gasteiger partial charge in [0, 0.05) is 18.2 Å². The molecule has 19 heavy (non-hydrogen) atoms. The number of benzene rings is 2. The number of halogens is 5. The van der Waals surface area contributed by atoms with Crippen LogP contribution in [0.4, 0.5) is 0 Å². The normalized spacial score (nSPS) is 12.3. The zero-order valence-corrected chi connectivity index (χ0v) is 12.7. The number of ether oxygens (including phenoxy) is 2. The van der Waals surface area contributed by atoms with Gasteiger partial charge < -0.3 is 9.47 Å². The molecule has 0 saturated heterocycles. The Labute approximate surface area is 133 Å². The highest BCUT2D eigenvalue weighted by Crippen LogP contribution is 2.53. The second-order valence-corrected chi connectivity index (χ2v) is 5.71. The van der Waals surface area contributed by atoms with E-state index in [9.17, 15) is 0 Å². The molecule has 0 fully saturated rings. The standard InChI is InChI=1S/C12H3Cl5O2/c13-4-1-7-8(2-5(4)14)19-12-9(18-7)3-6(15)10(16)11(12)17/h1-3H. The molecule has 1 heterocycles. The summed E-state index contributed by atoms with van der Waals surface area (Å²) < 4.78 is 11.3. The molecule has 0 unspecified atom stereocenters. The molecule has 2 nitrogen and oxygen atoms in total. The summed E-state index contributed by atoms with van der Waals surface area (Å²) in [6.45, 7) is 0. The van der Waals surface area contributed by atoms with Crippen LogP contribution >= 0.6 is 58.0 Å². The molecule has 98 valence electrons. The van der Waals surface area contributed by atoms with Crippen LogP contribution in [0.15, 0.2) is 18.2 Å². The quantitative estimate of drug-likeness (QED) is 0.410. The highest BCUT2D eigenvalue weighted by atomic mass is 35.5. The van der Waals surface area contributed by atoms with Crippen molar-refractivity contribution in [3.05, 3.63) is 43.3 Å². The maximum Gasteiger partial charge on any atom is 0.190 e. The minimum absolute atomic E-state index is 0.181. The molecule has 0 aliphatic carbocycles. The number of rotatable bonds is 0. The van der Waals surface area contributed by atoms with Crippen LogP contribution in [0.5, 0.6) is 23.0 Å². The van der Waals surface area contributed by atoms with Gasteiger partial charge in [-0.1, -0.05) is 58.0 Å². The van der Waals surface area contributed by atoms with Gasteiger partial charge in [-0.3, -0.25) is 0 Å². The lowest BCUT2D eigenvalue weighted by Gasteiger charge is -2.22. The van der Waals surface area contributed by atoms with Crippen LogP contribution in [0.3, 0.4) is 0 Å². The van der Waals surface area contributed by atoms with E-state index in [0.29, 0.717) is 33.0 Å². The first-order valence-electron chi connectivity index (χ1n) is 4.99. The van der Waals surface area contributed by atoms with Crippen LogP contribution in [0.1, 0.15) is 0 Å². The molecule has 2 aromatic carbocycles. The Hall–Kier alpha value is -0.510. The van der Waals surface area contributed by atoms with Gasteiger partial charge in [-0.25, -0.2) is 0 Å². The Balaban J connectivity index is 2.17. The van der Waals surface area contributed by atoms with Crippen molar-refractivity contribution < 1.29 is 9.47 Å². The van der Waals surface area contributed by atoms with Gasteiger partial charge >= 0.3 is 0 Å². The molecule has 0 amide bonds. The van der Waals surface area contributed by atoms with E-state index >= 15 is 0 Å². The number of hydrogen-bond acceptors (Lipinski definition) is 2. The lowest BCUT2D eigenvalue weighted by Crippen LogP contribution is -2.00. The summed E-state index contributed by atoms with van der Waals surface area (Å²) in [6.07, 6.45) is 0. The second kappa shape index (κ2) is 4.80. The van der Waals surface area contributed by atoms with Crippen LogP contribution in [0, 0.1) is 0 Å². The summed E-state index contributed by atoms with van der Waals surface area (Å²) >= 11 is 29.8. The first-order valence-corrected chi connectivity index (χ1v) is 6.88. The van der Waals surface area contributed by atoms with Gasteiger partial charge in [0.2, 0.25) is 0 Å². The van der Waals surface area contributed by atoms with Crippen molar-refractivity contribution >= 4 is 58.0 Å². The summed E-state index contributed by atoms with van der Waals surface area (Å²) in [5.74, 6) is 1.49. The minimum atomic E-state index is 0.181. The van der Waals surface area contributed by atoms with Crippen LogP contribution in [0.2, 0.25) is 25.1 Å². The lowest BCUT2D eigenvalue weighted by molar-refractivity contribution is 0.360. The van der Waals surface area contributed by atoms with Crippen LogP contribution in [-0.2, 0) is 0 Å². The van der Waals surface area contributed by atoms with E-state index in [1.54, 1.807) is 12.1 Å². The fourth-order valence-corrected chi connectivity index (χ4v) is 2.55. The van der Waals surface area contributed by atoms with Crippen molar-refractivity contribution in [2.24, 2.45) is 0 Å². The maximum absolute atomic E-state index is 6.07. The predicted octanol–water partition coefficient (Wildman–Crippen LogP) is 6.85. The van der Waals surface area contributed by atoms with Crippen LogP contribution < -0.4 is 9.47 Å². The molecule has 1 aliphatic heterocycles. The fraction of sp³-hybridized carbons (Fsp3) is 0. The van der Waals surface area contributed by atoms with Crippen molar-refractivity contribution in [3.63, 3.8) is 0 Å². The first-order chi connectivity index (χ1) is 8.97. The molecule has 0 atom stereocenters. The van der Waals surface area contributed by atoms with E-state index in [1.807, 2.05) is 0 Å². The smallest absolute Gasteiger partial charge is 0.190 e. The summed E-state index contributed by atoms with van der Waals surface area (Å²) in [7, 11) is 0. The summed E-state index contributed by atoms with van der Waals surface area (Å²) in [6, 6.07) is 4.62. The Morgan fingerprint density at radius 2 is 1.11 bits per heavy atom. The Bertz CT molecular complexity index is 699. The first kappa shape index (κ1) is 13.5. The fourth-order valence-electron chi connectivity index (χ4n) is 1.63. The molecule has 0 radical (unpaired) electrons. The third-order valence-corrected chi connectivity index (χ3v) is 4.47. The zero-order chi connectivity index (χ0) is 13.7. The van der Waals surface area contributed by atoms with Crippen molar-refractivity contribution in [2.45, 2.75) is 0 Å². The molecule has 2 aromatic rings. The topological polar surface area (TPSA) is 18.5 Å². The molecule has 1 aliphatic rings. The average Bonchev–Trinajstić information content (AvgIpc) is 2.37. The zero-order valence-electron chi connectivity index (χ0n) is 8.94. The molecule has 7 heteroatoms. The van der Waals surface area contributed by atoms with Gasteiger partial charge in [0.25, 0.3) is 0 Å². The summed E-state index contributed by atoms with van der Waals surface area (Å²) in [4.78, 5) is 0. The monoisotopic (exact) mass is 354 g/mol. The van der Waals surface area contributed by atoms with Crippen molar-refractivity contribution in [3.8, 4) is 23.0 Å². The van der Waals surface area contributed by atoms with Crippen LogP contribution in [-0.4, -0.2) is 0 Å². The van der Waals surface area contributed by atoms with E-state index in [4.69, 9.17) is 67.5 Å². The van der Waals surface area contributed by atoms with Gasteiger partial charge in [-0.15, -0.1) is 0 Å². The van der Waals surface area contributed by atoms with Gasteiger partial charge in [0.05, 0.1) is 20.1 Å². The molecule has 0 bridgehead atoms. The third-order valence-electron chi connectivity index (χ3n) is 2.50. The van der Waals surface area contributed by atoms with Crippen molar-refractivity contribution in [1.29, 1.82) is 0 Å². The van der Waals surface area contributed by atoms with Gasteiger partial charge in [-0.2, -0.15) is 0 Å². The number of fused-ring (bicyclic) bond motifs is 2. The molecular formula is C12H3Cl5O2. The lowest BCUT2D eigenvalue weighted by atomic mass is 10.2. The highest BCUT2D eigenvalue weighted by Gasteiger charge is 2.25. The van der Waals surface area contributed by atoms with E-state index in [1.165, 1.54) is 6.07 Å². The average molecular weight is 356 g/mol. The van der Waals surface area contributed by atoms with Crippen molar-refractivity contribution in [2.75, 3.05) is 0 Å². The van der Waals surface area contributed by atoms with Crippen molar-refractivity contribution in [1.82, 2.24) is 0 Å². The summed E-state index contributed by atoms with van der Waals surface area (Å²) in [5.41, 5.74) is 0. The number of hydrogen-bond donors (Lipinski definition) is 0. The van der Waals surface area contributed by atoms with E-state index in [-0.39, 0.29) is 15.1 Å². The molecule has 0 saturated carbocycles. The summed E-state index contributed by atoms with van der Waals surface area (Å²) in [5, 5.41) is 1.37. The predicted molar refractivity (Wildman–Crippen MR) is 78.1 cm³/mol. The second-order valence-electron chi connectivity index (χ2n) is 3.73. The Kier molecular flexibility index (Phi) is 3.40. The molecular weight excluding hydrogens is 353 g/mol. The van der Waals surface area contributed by atoms with Crippen LogP contribution in [0.25, 0.3) is 0 Å². The molecule has 3 rings (SSSR count). The van der Waals surface area contributed by atoms with E-state index in [0.717, 1.165) is 0 Å².